The number of nitrogens with zero attached hydrogens (tertiary/aromatic N) is 1. The number of aromatic amines is 1. The standard InChI is InChI=1S/C20H22N4OS/c1-4-21-15-9-6-10-16(11-15)26-24-20-22-17(12-18(25)23-20)19-13(2)7-5-8-14(19)3/h5-12,21H,4H2,1-3H3,(H2,22,23,24,25). The van der Waals surface area contributed by atoms with Crippen molar-refractivity contribution < 1.29 is 0 Å². The Morgan fingerprint density at radius 2 is 1.81 bits per heavy atom. The van der Waals surface area contributed by atoms with Crippen molar-refractivity contribution in [3.8, 4) is 11.3 Å². The Kier molecular flexibility index (Phi) is 5.63. The van der Waals surface area contributed by atoms with Crippen molar-refractivity contribution in [3.63, 3.8) is 0 Å². The van der Waals surface area contributed by atoms with Crippen molar-refractivity contribution in [2.45, 2.75) is 25.7 Å². The van der Waals surface area contributed by atoms with Gasteiger partial charge in [0.1, 0.15) is 0 Å². The quantitative estimate of drug-likeness (QED) is 0.556. The Bertz CT molecular complexity index is 948. The summed E-state index contributed by atoms with van der Waals surface area (Å²) in [5.74, 6) is 0.439. The largest absolute Gasteiger partial charge is 0.385 e. The fourth-order valence-corrected chi connectivity index (χ4v) is 3.48. The van der Waals surface area contributed by atoms with E-state index in [9.17, 15) is 4.79 Å². The number of H-pyrrole nitrogens is 1. The molecule has 0 unspecified atom stereocenters. The molecule has 0 atom stereocenters. The number of hydrogen-bond donors (Lipinski definition) is 3. The molecule has 3 rings (SSSR count). The van der Waals surface area contributed by atoms with Gasteiger partial charge in [0.15, 0.2) is 0 Å². The van der Waals surface area contributed by atoms with Gasteiger partial charge in [-0.3, -0.25) is 14.5 Å². The molecule has 6 heteroatoms. The lowest BCUT2D eigenvalue weighted by Crippen LogP contribution is -2.10. The van der Waals surface area contributed by atoms with Gasteiger partial charge in [-0.2, -0.15) is 0 Å². The van der Waals surface area contributed by atoms with E-state index in [1.165, 1.54) is 18.0 Å². The molecular weight excluding hydrogens is 344 g/mol. The predicted molar refractivity (Wildman–Crippen MR) is 110 cm³/mol. The molecule has 26 heavy (non-hydrogen) atoms. The second-order valence-electron chi connectivity index (χ2n) is 6.01. The summed E-state index contributed by atoms with van der Waals surface area (Å²) in [5.41, 5.74) is 4.75. The highest BCUT2D eigenvalue weighted by molar-refractivity contribution is 8.00. The zero-order valence-electron chi connectivity index (χ0n) is 15.1. The minimum atomic E-state index is -0.179. The van der Waals surface area contributed by atoms with Gasteiger partial charge < -0.3 is 5.32 Å². The highest BCUT2D eigenvalue weighted by Crippen LogP contribution is 2.26. The van der Waals surface area contributed by atoms with E-state index in [0.717, 1.165) is 33.8 Å². The van der Waals surface area contributed by atoms with Gasteiger partial charge in [0.25, 0.3) is 5.56 Å². The summed E-state index contributed by atoms with van der Waals surface area (Å²) in [6, 6.07) is 15.7. The van der Waals surface area contributed by atoms with Crippen molar-refractivity contribution in [1.82, 2.24) is 9.97 Å². The summed E-state index contributed by atoms with van der Waals surface area (Å²) in [6.07, 6.45) is 0. The molecule has 0 saturated carbocycles. The molecule has 0 saturated heterocycles. The molecule has 2 aromatic carbocycles. The van der Waals surface area contributed by atoms with Gasteiger partial charge in [-0.1, -0.05) is 24.3 Å². The number of aryl methyl sites for hydroxylation is 2. The zero-order valence-corrected chi connectivity index (χ0v) is 15.9. The Morgan fingerprint density at radius 1 is 1.08 bits per heavy atom. The van der Waals surface area contributed by atoms with E-state index in [2.05, 4.69) is 33.0 Å². The topological polar surface area (TPSA) is 69.8 Å². The van der Waals surface area contributed by atoms with Crippen LogP contribution in [0.2, 0.25) is 0 Å². The Morgan fingerprint density at radius 3 is 2.54 bits per heavy atom. The first kappa shape index (κ1) is 18.1. The van der Waals surface area contributed by atoms with Crippen molar-refractivity contribution in [2.75, 3.05) is 16.6 Å². The van der Waals surface area contributed by atoms with Crippen molar-refractivity contribution >= 4 is 23.6 Å². The first-order valence-electron chi connectivity index (χ1n) is 8.51. The molecular formula is C20H22N4OS. The zero-order chi connectivity index (χ0) is 18.5. The number of aromatic nitrogens is 2. The number of anilines is 2. The van der Waals surface area contributed by atoms with Crippen molar-refractivity contribution in [2.24, 2.45) is 0 Å². The Hall–Kier alpha value is -2.73. The SMILES string of the molecule is CCNc1cccc(SNc2nc(-c3c(C)cccc3C)cc(=O)[nH]2)c1. The molecule has 134 valence electrons. The highest BCUT2D eigenvalue weighted by atomic mass is 32.2. The first-order chi connectivity index (χ1) is 12.6. The molecule has 0 aliphatic rings. The number of nitrogens with one attached hydrogen (secondary N) is 3. The van der Waals surface area contributed by atoms with E-state index in [0.29, 0.717) is 11.6 Å². The van der Waals surface area contributed by atoms with Crippen LogP contribution in [0.4, 0.5) is 11.6 Å². The minimum Gasteiger partial charge on any atom is -0.385 e. The van der Waals surface area contributed by atoms with Gasteiger partial charge in [0.05, 0.1) is 5.69 Å². The molecule has 3 aromatic rings. The van der Waals surface area contributed by atoms with Crippen LogP contribution in [0.3, 0.4) is 0 Å². The first-order valence-corrected chi connectivity index (χ1v) is 9.33. The molecule has 1 heterocycles. The van der Waals surface area contributed by atoms with Crippen molar-refractivity contribution in [1.29, 1.82) is 0 Å². The van der Waals surface area contributed by atoms with Crippen LogP contribution < -0.4 is 15.6 Å². The second-order valence-corrected chi connectivity index (χ2v) is 6.89. The fourth-order valence-electron chi connectivity index (χ4n) is 2.83. The van der Waals surface area contributed by atoms with Crippen LogP contribution in [0.5, 0.6) is 0 Å². The number of hydrogen-bond acceptors (Lipinski definition) is 5. The molecule has 0 aliphatic heterocycles. The average Bonchev–Trinajstić information content (AvgIpc) is 2.60. The van der Waals surface area contributed by atoms with Gasteiger partial charge in [0.2, 0.25) is 5.95 Å². The maximum absolute atomic E-state index is 12.1. The molecule has 3 N–H and O–H groups in total. The summed E-state index contributed by atoms with van der Waals surface area (Å²) in [7, 11) is 0. The lowest BCUT2D eigenvalue weighted by atomic mass is 10.00. The van der Waals surface area contributed by atoms with Gasteiger partial charge in [0, 0.05) is 28.8 Å². The molecule has 1 aromatic heterocycles. The smallest absolute Gasteiger partial charge is 0.252 e. The third-order valence-electron chi connectivity index (χ3n) is 3.96. The summed E-state index contributed by atoms with van der Waals surface area (Å²) in [6.45, 7) is 6.98. The molecule has 0 amide bonds. The molecule has 0 radical (unpaired) electrons. The Balaban J connectivity index is 1.85. The van der Waals surface area contributed by atoms with Gasteiger partial charge in [-0.05, 0) is 62.0 Å². The minimum absolute atomic E-state index is 0.179. The lowest BCUT2D eigenvalue weighted by molar-refractivity contribution is 1.13. The molecule has 5 nitrogen and oxygen atoms in total. The fraction of sp³-hybridized carbons (Fsp3) is 0.200. The third-order valence-corrected chi connectivity index (χ3v) is 4.74. The predicted octanol–water partition coefficient (Wildman–Crippen LogP) is 4.60. The summed E-state index contributed by atoms with van der Waals surface area (Å²) >= 11 is 1.41. The van der Waals surface area contributed by atoms with E-state index in [4.69, 9.17) is 0 Å². The monoisotopic (exact) mass is 366 g/mol. The van der Waals surface area contributed by atoms with Crippen LogP contribution in [-0.4, -0.2) is 16.5 Å². The van der Waals surface area contributed by atoms with Gasteiger partial charge in [-0.15, -0.1) is 0 Å². The van der Waals surface area contributed by atoms with Gasteiger partial charge in [-0.25, -0.2) is 4.98 Å². The van der Waals surface area contributed by atoms with Crippen LogP contribution in [0.1, 0.15) is 18.1 Å². The van der Waals surface area contributed by atoms with E-state index in [1.807, 2.05) is 50.2 Å². The van der Waals surface area contributed by atoms with E-state index in [-0.39, 0.29) is 5.56 Å². The Labute approximate surface area is 157 Å². The van der Waals surface area contributed by atoms with Crippen LogP contribution in [0.15, 0.2) is 58.2 Å². The lowest BCUT2D eigenvalue weighted by Gasteiger charge is -2.11. The summed E-state index contributed by atoms with van der Waals surface area (Å²) in [5, 5.41) is 3.28. The summed E-state index contributed by atoms with van der Waals surface area (Å²) in [4.78, 5) is 20.5. The second kappa shape index (κ2) is 8.10. The molecule has 0 fully saturated rings. The maximum atomic E-state index is 12.1. The third kappa shape index (κ3) is 4.26. The normalized spacial score (nSPS) is 10.6. The number of benzene rings is 2. The number of rotatable bonds is 6. The molecule has 0 aliphatic carbocycles. The van der Waals surface area contributed by atoms with Crippen LogP contribution in [-0.2, 0) is 0 Å². The average molecular weight is 366 g/mol. The van der Waals surface area contributed by atoms with E-state index >= 15 is 0 Å². The van der Waals surface area contributed by atoms with Crippen molar-refractivity contribution in [3.05, 3.63) is 70.0 Å². The maximum Gasteiger partial charge on any atom is 0.252 e. The molecule has 0 spiro atoms. The van der Waals surface area contributed by atoms with E-state index < -0.39 is 0 Å². The summed E-state index contributed by atoms with van der Waals surface area (Å²) < 4.78 is 3.14. The highest BCUT2D eigenvalue weighted by Gasteiger charge is 2.09. The van der Waals surface area contributed by atoms with Gasteiger partial charge >= 0.3 is 0 Å². The van der Waals surface area contributed by atoms with E-state index in [1.54, 1.807) is 0 Å². The molecule has 0 bridgehead atoms. The van der Waals surface area contributed by atoms with Crippen LogP contribution in [0, 0.1) is 13.8 Å². The van der Waals surface area contributed by atoms with Crippen LogP contribution in [0.25, 0.3) is 11.3 Å². The van der Waals surface area contributed by atoms with Crippen LogP contribution >= 0.6 is 11.9 Å².